The van der Waals surface area contributed by atoms with E-state index < -0.39 is 0 Å². The first-order valence-corrected chi connectivity index (χ1v) is 8.48. The van der Waals surface area contributed by atoms with Gasteiger partial charge >= 0.3 is 0 Å². The highest BCUT2D eigenvalue weighted by Crippen LogP contribution is 2.27. The number of aromatic nitrogens is 1. The lowest BCUT2D eigenvalue weighted by atomic mass is 10.1. The minimum absolute atomic E-state index is 0.181. The number of amides is 1. The number of carbonyl (C=O) groups is 1. The number of rotatable bonds is 6. The van der Waals surface area contributed by atoms with Gasteiger partial charge in [0.25, 0.3) is 5.91 Å². The van der Waals surface area contributed by atoms with E-state index in [1.807, 2.05) is 56.3 Å². The van der Waals surface area contributed by atoms with Gasteiger partial charge in [0.2, 0.25) is 0 Å². The summed E-state index contributed by atoms with van der Waals surface area (Å²) in [5.41, 5.74) is 3.39. The van der Waals surface area contributed by atoms with Gasteiger partial charge in [-0.1, -0.05) is 29.8 Å². The van der Waals surface area contributed by atoms with E-state index in [0.29, 0.717) is 18.0 Å². The zero-order valence-electron chi connectivity index (χ0n) is 14.8. The van der Waals surface area contributed by atoms with Crippen LogP contribution in [-0.4, -0.2) is 17.5 Å². The third-order valence-electron chi connectivity index (χ3n) is 3.78. The molecule has 0 fully saturated rings. The highest BCUT2D eigenvalue weighted by molar-refractivity contribution is 6.03. The molecular formula is C21H21N3O2. The Bertz CT molecular complexity index is 875. The molecule has 0 atom stereocenters. The fourth-order valence-electron chi connectivity index (χ4n) is 2.44. The summed E-state index contributed by atoms with van der Waals surface area (Å²) in [6.45, 7) is 4.53. The van der Waals surface area contributed by atoms with E-state index in [1.165, 1.54) is 0 Å². The number of nitrogens with one attached hydrogen (secondary N) is 2. The number of nitrogens with zero attached hydrogens (tertiary/aromatic N) is 1. The maximum absolute atomic E-state index is 12.2. The van der Waals surface area contributed by atoms with Crippen LogP contribution in [-0.2, 0) is 0 Å². The molecule has 3 rings (SSSR count). The van der Waals surface area contributed by atoms with E-state index in [0.717, 1.165) is 22.7 Å². The third kappa shape index (κ3) is 4.39. The molecule has 26 heavy (non-hydrogen) atoms. The first kappa shape index (κ1) is 17.5. The maximum atomic E-state index is 12.2. The molecule has 5 nitrogen and oxygen atoms in total. The van der Waals surface area contributed by atoms with Crippen LogP contribution in [0.2, 0.25) is 0 Å². The van der Waals surface area contributed by atoms with Crippen molar-refractivity contribution >= 4 is 23.1 Å². The Morgan fingerprint density at radius 1 is 1.04 bits per heavy atom. The van der Waals surface area contributed by atoms with Crippen molar-refractivity contribution in [3.8, 4) is 5.75 Å². The number of pyridine rings is 1. The van der Waals surface area contributed by atoms with E-state index in [-0.39, 0.29) is 5.91 Å². The molecule has 0 radical (unpaired) electrons. The minimum Gasteiger partial charge on any atom is -0.492 e. The molecule has 0 spiro atoms. The van der Waals surface area contributed by atoms with Gasteiger partial charge in [-0.25, -0.2) is 4.98 Å². The van der Waals surface area contributed by atoms with Gasteiger partial charge in [0.05, 0.1) is 24.2 Å². The van der Waals surface area contributed by atoms with Gasteiger partial charge in [0, 0.05) is 5.56 Å². The van der Waals surface area contributed by atoms with E-state index >= 15 is 0 Å². The van der Waals surface area contributed by atoms with Gasteiger partial charge in [0.15, 0.2) is 0 Å². The number of carbonyl (C=O) groups excluding carboxylic acids is 1. The number of anilines is 3. The molecule has 0 aliphatic heterocycles. The molecule has 1 amide bonds. The van der Waals surface area contributed by atoms with Gasteiger partial charge in [-0.3, -0.25) is 4.79 Å². The lowest BCUT2D eigenvalue weighted by Crippen LogP contribution is -2.12. The molecular weight excluding hydrogens is 326 g/mol. The first-order valence-electron chi connectivity index (χ1n) is 8.48. The Balaban J connectivity index is 1.67. The van der Waals surface area contributed by atoms with Crippen LogP contribution in [0.5, 0.6) is 5.75 Å². The number of hydrogen-bond acceptors (Lipinski definition) is 4. The summed E-state index contributed by atoms with van der Waals surface area (Å²) >= 11 is 0. The molecule has 0 aliphatic rings. The topological polar surface area (TPSA) is 63.2 Å². The van der Waals surface area contributed by atoms with Crippen molar-refractivity contribution in [1.29, 1.82) is 0 Å². The van der Waals surface area contributed by atoms with Crippen molar-refractivity contribution < 1.29 is 9.53 Å². The van der Waals surface area contributed by atoms with E-state index in [2.05, 4.69) is 15.6 Å². The lowest BCUT2D eigenvalue weighted by Gasteiger charge is -2.12. The number of para-hydroxylation sites is 2. The van der Waals surface area contributed by atoms with Gasteiger partial charge in [0.1, 0.15) is 11.6 Å². The summed E-state index contributed by atoms with van der Waals surface area (Å²) < 4.78 is 5.60. The van der Waals surface area contributed by atoms with Crippen LogP contribution in [0, 0.1) is 6.92 Å². The van der Waals surface area contributed by atoms with Crippen molar-refractivity contribution in [2.24, 2.45) is 0 Å². The van der Waals surface area contributed by atoms with Crippen LogP contribution in [0.3, 0.4) is 0 Å². The molecule has 1 aromatic heterocycles. The Kier molecular flexibility index (Phi) is 5.49. The zero-order chi connectivity index (χ0) is 18.4. The predicted molar refractivity (Wildman–Crippen MR) is 104 cm³/mol. The van der Waals surface area contributed by atoms with E-state index in [1.54, 1.807) is 24.4 Å². The average Bonchev–Trinajstić information content (AvgIpc) is 2.65. The summed E-state index contributed by atoms with van der Waals surface area (Å²) in [4.78, 5) is 16.5. The van der Waals surface area contributed by atoms with Crippen molar-refractivity contribution in [3.05, 3.63) is 78.0 Å². The van der Waals surface area contributed by atoms with E-state index in [4.69, 9.17) is 4.74 Å². The molecule has 0 bridgehead atoms. The first-order chi connectivity index (χ1) is 12.7. The third-order valence-corrected chi connectivity index (χ3v) is 3.78. The minimum atomic E-state index is -0.181. The summed E-state index contributed by atoms with van der Waals surface area (Å²) in [6, 6.07) is 18.8. The summed E-state index contributed by atoms with van der Waals surface area (Å²) in [6.07, 6.45) is 1.67. The molecule has 0 saturated heterocycles. The Morgan fingerprint density at radius 3 is 2.50 bits per heavy atom. The van der Waals surface area contributed by atoms with Crippen molar-refractivity contribution in [2.75, 3.05) is 17.2 Å². The Labute approximate surface area is 153 Å². The monoisotopic (exact) mass is 347 g/mol. The Morgan fingerprint density at radius 2 is 1.81 bits per heavy atom. The van der Waals surface area contributed by atoms with Gasteiger partial charge in [-0.2, -0.15) is 0 Å². The summed E-state index contributed by atoms with van der Waals surface area (Å²) in [5.74, 6) is 1.10. The molecule has 2 aromatic carbocycles. The van der Waals surface area contributed by atoms with Gasteiger partial charge in [-0.15, -0.1) is 0 Å². The molecule has 5 heteroatoms. The van der Waals surface area contributed by atoms with Gasteiger partial charge in [-0.05, 0) is 50.2 Å². The molecule has 1 heterocycles. The molecule has 0 aliphatic carbocycles. The normalized spacial score (nSPS) is 10.2. The fraction of sp³-hybridized carbons (Fsp3) is 0.143. The van der Waals surface area contributed by atoms with Crippen LogP contribution in [0.15, 0.2) is 66.9 Å². The van der Waals surface area contributed by atoms with Crippen molar-refractivity contribution in [1.82, 2.24) is 4.98 Å². The molecule has 2 N–H and O–H groups in total. The number of hydrogen-bond donors (Lipinski definition) is 2. The molecule has 132 valence electrons. The second-order valence-electron chi connectivity index (χ2n) is 5.81. The summed E-state index contributed by atoms with van der Waals surface area (Å²) in [7, 11) is 0. The van der Waals surface area contributed by atoms with Gasteiger partial charge < -0.3 is 15.4 Å². The predicted octanol–water partition coefficient (Wildman–Crippen LogP) is 4.78. The van der Waals surface area contributed by atoms with Crippen molar-refractivity contribution in [3.63, 3.8) is 0 Å². The van der Waals surface area contributed by atoms with Crippen LogP contribution in [0.4, 0.5) is 17.2 Å². The molecule has 0 unspecified atom stereocenters. The lowest BCUT2D eigenvalue weighted by molar-refractivity contribution is 0.102. The molecule has 3 aromatic rings. The Hall–Kier alpha value is -3.34. The highest BCUT2D eigenvalue weighted by Gasteiger charge is 2.07. The number of benzene rings is 2. The number of aryl methyl sites for hydroxylation is 1. The number of ether oxygens (including phenoxy) is 1. The second kappa shape index (κ2) is 8.16. The smallest absolute Gasteiger partial charge is 0.256 e. The van der Waals surface area contributed by atoms with Crippen LogP contribution >= 0.6 is 0 Å². The van der Waals surface area contributed by atoms with E-state index in [9.17, 15) is 4.79 Å². The highest BCUT2D eigenvalue weighted by atomic mass is 16.5. The standard InChI is InChI=1S/C21H21N3O2/c1-3-26-19-7-5-4-6-18(19)23-17-12-13-20(22-14-17)24-21(25)16-10-8-15(2)9-11-16/h4-14,23H,3H2,1-2H3,(H,22,24,25). The largest absolute Gasteiger partial charge is 0.492 e. The second-order valence-corrected chi connectivity index (χ2v) is 5.81. The maximum Gasteiger partial charge on any atom is 0.256 e. The van der Waals surface area contributed by atoms with Crippen LogP contribution in [0.25, 0.3) is 0 Å². The quantitative estimate of drug-likeness (QED) is 0.673. The zero-order valence-corrected chi connectivity index (χ0v) is 14.8. The van der Waals surface area contributed by atoms with Crippen molar-refractivity contribution in [2.45, 2.75) is 13.8 Å². The fourth-order valence-corrected chi connectivity index (χ4v) is 2.44. The SMILES string of the molecule is CCOc1ccccc1Nc1ccc(NC(=O)c2ccc(C)cc2)nc1. The average molecular weight is 347 g/mol. The van der Waals surface area contributed by atoms with Crippen LogP contribution in [0.1, 0.15) is 22.8 Å². The molecule has 0 saturated carbocycles. The van der Waals surface area contributed by atoms with Crippen LogP contribution < -0.4 is 15.4 Å². The summed E-state index contributed by atoms with van der Waals surface area (Å²) in [5, 5.41) is 6.07.